The quantitative estimate of drug-likeness (QED) is 0.627. The molecule has 0 bridgehead atoms. The van der Waals surface area contributed by atoms with E-state index in [1.165, 1.54) is 0 Å². The number of rotatable bonds is 3. The van der Waals surface area contributed by atoms with E-state index in [9.17, 15) is 9.59 Å². The SMILES string of the molecule is CCNC(=O)CN1CCN(C)C(=O)C1. The maximum Gasteiger partial charge on any atom is 0.236 e. The van der Waals surface area contributed by atoms with Crippen LogP contribution in [-0.4, -0.2) is 61.4 Å². The Kier molecular flexibility index (Phi) is 3.88. The first-order valence-corrected chi connectivity index (χ1v) is 4.86. The number of hydrogen-bond donors (Lipinski definition) is 1. The van der Waals surface area contributed by atoms with Crippen LogP contribution >= 0.6 is 0 Å². The van der Waals surface area contributed by atoms with Crippen LogP contribution in [0.1, 0.15) is 6.92 Å². The van der Waals surface area contributed by atoms with Crippen LogP contribution < -0.4 is 5.32 Å². The van der Waals surface area contributed by atoms with Crippen LogP contribution in [0.2, 0.25) is 0 Å². The molecule has 0 aromatic carbocycles. The third-order valence-corrected chi connectivity index (χ3v) is 2.28. The van der Waals surface area contributed by atoms with Crippen LogP contribution in [0.4, 0.5) is 0 Å². The van der Waals surface area contributed by atoms with Crippen molar-refractivity contribution in [1.29, 1.82) is 0 Å². The highest BCUT2D eigenvalue weighted by Gasteiger charge is 2.21. The van der Waals surface area contributed by atoms with Gasteiger partial charge in [0.1, 0.15) is 0 Å². The van der Waals surface area contributed by atoms with E-state index in [0.29, 0.717) is 26.2 Å². The molecule has 0 saturated carbocycles. The van der Waals surface area contributed by atoms with Gasteiger partial charge in [-0.2, -0.15) is 0 Å². The average Bonchev–Trinajstić information content (AvgIpc) is 2.12. The average molecular weight is 199 g/mol. The van der Waals surface area contributed by atoms with Crippen LogP contribution in [0.25, 0.3) is 0 Å². The summed E-state index contributed by atoms with van der Waals surface area (Å²) < 4.78 is 0. The first-order chi connectivity index (χ1) is 6.63. The monoisotopic (exact) mass is 199 g/mol. The molecule has 1 aliphatic heterocycles. The predicted octanol–water partition coefficient (Wildman–Crippen LogP) is -1.10. The van der Waals surface area contributed by atoms with Crippen LogP contribution in [0.15, 0.2) is 0 Å². The summed E-state index contributed by atoms with van der Waals surface area (Å²) >= 11 is 0. The van der Waals surface area contributed by atoms with Gasteiger partial charge in [-0.05, 0) is 6.92 Å². The van der Waals surface area contributed by atoms with Gasteiger partial charge in [-0.1, -0.05) is 0 Å². The predicted molar refractivity (Wildman–Crippen MR) is 52.8 cm³/mol. The van der Waals surface area contributed by atoms with E-state index in [-0.39, 0.29) is 11.8 Å². The first kappa shape index (κ1) is 11.0. The zero-order valence-corrected chi connectivity index (χ0v) is 8.75. The van der Waals surface area contributed by atoms with Crippen LogP contribution in [0.5, 0.6) is 0 Å². The maximum absolute atomic E-state index is 11.3. The Balaban J connectivity index is 2.33. The van der Waals surface area contributed by atoms with Gasteiger partial charge in [0.05, 0.1) is 13.1 Å². The standard InChI is InChI=1S/C9H17N3O2/c1-3-10-8(13)6-12-5-4-11(2)9(14)7-12/h3-7H2,1-2H3,(H,10,13). The highest BCUT2D eigenvalue weighted by atomic mass is 16.2. The minimum Gasteiger partial charge on any atom is -0.355 e. The minimum absolute atomic E-state index is 0.00940. The van der Waals surface area contributed by atoms with Crippen molar-refractivity contribution in [3.8, 4) is 0 Å². The lowest BCUT2D eigenvalue weighted by Gasteiger charge is -2.31. The van der Waals surface area contributed by atoms with Gasteiger partial charge in [-0.25, -0.2) is 0 Å². The zero-order valence-electron chi connectivity index (χ0n) is 8.75. The van der Waals surface area contributed by atoms with E-state index in [1.54, 1.807) is 11.9 Å². The number of amides is 2. The van der Waals surface area contributed by atoms with Crippen LogP contribution in [0.3, 0.4) is 0 Å². The van der Waals surface area contributed by atoms with Crippen molar-refractivity contribution in [2.24, 2.45) is 0 Å². The molecule has 1 rings (SSSR count). The number of piperazine rings is 1. The van der Waals surface area contributed by atoms with Crippen molar-refractivity contribution in [1.82, 2.24) is 15.1 Å². The molecule has 80 valence electrons. The lowest BCUT2D eigenvalue weighted by atomic mass is 10.3. The molecule has 1 saturated heterocycles. The van der Waals surface area contributed by atoms with Crippen molar-refractivity contribution in [2.75, 3.05) is 39.8 Å². The molecule has 5 nitrogen and oxygen atoms in total. The highest BCUT2D eigenvalue weighted by molar-refractivity contribution is 5.81. The topological polar surface area (TPSA) is 52.7 Å². The van der Waals surface area contributed by atoms with Crippen LogP contribution in [0, 0.1) is 0 Å². The van der Waals surface area contributed by atoms with E-state index >= 15 is 0 Å². The summed E-state index contributed by atoms with van der Waals surface area (Å²) in [5.74, 6) is 0.0744. The van der Waals surface area contributed by atoms with Crippen molar-refractivity contribution < 1.29 is 9.59 Å². The molecule has 5 heteroatoms. The Hall–Kier alpha value is -1.10. The molecule has 0 aliphatic carbocycles. The normalized spacial score (nSPS) is 18.4. The Labute approximate surface area is 84.0 Å². The third-order valence-electron chi connectivity index (χ3n) is 2.28. The van der Waals surface area contributed by atoms with Gasteiger partial charge in [0.15, 0.2) is 0 Å². The van der Waals surface area contributed by atoms with Crippen LogP contribution in [-0.2, 0) is 9.59 Å². The lowest BCUT2D eigenvalue weighted by Crippen LogP contribution is -2.51. The van der Waals surface area contributed by atoms with E-state index in [1.807, 2.05) is 11.8 Å². The number of carbonyl (C=O) groups excluding carboxylic acids is 2. The third kappa shape index (κ3) is 2.99. The second kappa shape index (κ2) is 4.95. The van der Waals surface area contributed by atoms with E-state index in [0.717, 1.165) is 6.54 Å². The fourth-order valence-electron chi connectivity index (χ4n) is 1.40. The van der Waals surface area contributed by atoms with E-state index in [2.05, 4.69) is 5.32 Å². The van der Waals surface area contributed by atoms with Gasteiger partial charge < -0.3 is 10.2 Å². The smallest absolute Gasteiger partial charge is 0.236 e. The minimum atomic E-state index is -0.00940. The summed E-state index contributed by atoms with van der Waals surface area (Å²) in [5.41, 5.74) is 0. The molecule has 0 radical (unpaired) electrons. The molecule has 0 aromatic rings. The zero-order chi connectivity index (χ0) is 10.6. The molecule has 0 atom stereocenters. The molecule has 2 amide bonds. The Bertz CT molecular complexity index is 230. The number of nitrogens with one attached hydrogen (secondary N) is 1. The van der Waals surface area contributed by atoms with Gasteiger partial charge in [0.2, 0.25) is 11.8 Å². The van der Waals surface area contributed by atoms with Gasteiger partial charge in [0.25, 0.3) is 0 Å². The summed E-state index contributed by atoms with van der Waals surface area (Å²) in [6.07, 6.45) is 0. The molecular formula is C9H17N3O2. The molecule has 1 aliphatic rings. The molecular weight excluding hydrogens is 182 g/mol. The number of nitrogens with zero attached hydrogens (tertiary/aromatic N) is 2. The second-order valence-electron chi connectivity index (χ2n) is 3.48. The summed E-state index contributed by atoms with van der Waals surface area (Å²) in [6, 6.07) is 0. The number of likely N-dealkylation sites (N-methyl/N-ethyl adjacent to an activating group) is 2. The van der Waals surface area contributed by atoms with Gasteiger partial charge in [-0.3, -0.25) is 14.5 Å². The van der Waals surface area contributed by atoms with Gasteiger partial charge in [-0.15, -0.1) is 0 Å². The molecule has 0 spiro atoms. The second-order valence-corrected chi connectivity index (χ2v) is 3.48. The lowest BCUT2D eigenvalue weighted by molar-refractivity contribution is -0.135. The molecule has 1 fully saturated rings. The fraction of sp³-hybridized carbons (Fsp3) is 0.778. The molecule has 14 heavy (non-hydrogen) atoms. The van der Waals surface area contributed by atoms with Gasteiger partial charge >= 0.3 is 0 Å². The van der Waals surface area contributed by atoms with E-state index in [4.69, 9.17) is 0 Å². The number of hydrogen-bond acceptors (Lipinski definition) is 3. The van der Waals surface area contributed by atoms with E-state index < -0.39 is 0 Å². The Morgan fingerprint density at radius 3 is 2.79 bits per heavy atom. The summed E-state index contributed by atoms with van der Waals surface area (Å²) in [6.45, 7) is 4.69. The van der Waals surface area contributed by atoms with Crippen molar-refractivity contribution in [2.45, 2.75) is 6.92 Å². The summed E-state index contributed by atoms with van der Waals surface area (Å²) in [7, 11) is 1.78. The highest BCUT2D eigenvalue weighted by Crippen LogP contribution is 1.99. The first-order valence-electron chi connectivity index (χ1n) is 4.86. The Morgan fingerprint density at radius 1 is 1.50 bits per heavy atom. The maximum atomic E-state index is 11.3. The molecule has 0 unspecified atom stereocenters. The van der Waals surface area contributed by atoms with Crippen molar-refractivity contribution in [3.63, 3.8) is 0 Å². The molecule has 1 heterocycles. The molecule has 0 aromatic heterocycles. The molecule has 1 N–H and O–H groups in total. The van der Waals surface area contributed by atoms with Crippen molar-refractivity contribution in [3.05, 3.63) is 0 Å². The number of carbonyl (C=O) groups is 2. The summed E-state index contributed by atoms with van der Waals surface area (Å²) in [4.78, 5) is 26.1. The largest absolute Gasteiger partial charge is 0.355 e. The van der Waals surface area contributed by atoms with Crippen molar-refractivity contribution >= 4 is 11.8 Å². The fourth-order valence-corrected chi connectivity index (χ4v) is 1.40. The Morgan fingerprint density at radius 2 is 2.21 bits per heavy atom. The summed E-state index contributed by atoms with van der Waals surface area (Å²) in [5, 5.41) is 2.71. The van der Waals surface area contributed by atoms with Gasteiger partial charge in [0, 0.05) is 26.7 Å².